The number of carbonyl (C=O) groups is 1. The molecule has 9 heteroatoms. The highest BCUT2D eigenvalue weighted by Crippen LogP contribution is 2.31. The number of fused-ring (bicyclic) bond motifs is 1. The van der Waals surface area contributed by atoms with E-state index >= 15 is 0 Å². The van der Waals surface area contributed by atoms with Crippen molar-refractivity contribution in [3.8, 4) is 0 Å². The Labute approximate surface area is 173 Å². The number of halogens is 1. The second kappa shape index (κ2) is 8.26. The maximum atomic E-state index is 14.1. The molecule has 2 aromatic carbocycles. The van der Waals surface area contributed by atoms with Gasteiger partial charge in [-0.25, -0.2) is 9.37 Å². The van der Waals surface area contributed by atoms with Crippen LogP contribution in [0.1, 0.15) is 11.3 Å². The van der Waals surface area contributed by atoms with Crippen molar-refractivity contribution in [2.45, 2.75) is 6.54 Å². The van der Waals surface area contributed by atoms with Gasteiger partial charge in [0.2, 0.25) is 0 Å². The summed E-state index contributed by atoms with van der Waals surface area (Å²) in [6, 6.07) is 13.9. The van der Waals surface area contributed by atoms with Crippen molar-refractivity contribution in [3.05, 3.63) is 94.2 Å². The molecule has 0 unspecified atom stereocenters. The van der Waals surface area contributed by atoms with Crippen LogP contribution in [0.15, 0.2) is 71.4 Å². The highest BCUT2D eigenvalue weighted by atomic mass is 32.1. The van der Waals surface area contributed by atoms with Gasteiger partial charge in [0.05, 0.1) is 22.4 Å². The second-order valence-corrected chi connectivity index (χ2v) is 7.28. The summed E-state index contributed by atoms with van der Waals surface area (Å²) in [5.41, 5.74) is 0.797. The first-order valence-electron chi connectivity index (χ1n) is 8.83. The molecular formula is C21H14FN3O4S. The Morgan fingerprint density at radius 3 is 2.67 bits per heavy atom. The Morgan fingerprint density at radius 2 is 2.00 bits per heavy atom. The van der Waals surface area contributed by atoms with Crippen molar-refractivity contribution in [1.82, 2.24) is 4.98 Å². The van der Waals surface area contributed by atoms with Crippen molar-refractivity contribution < 1.29 is 18.5 Å². The number of amides is 1. The fourth-order valence-electron chi connectivity index (χ4n) is 2.78. The molecule has 7 nitrogen and oxygen atoms in total. The second-order valence-electron chi connectivity index (χ2n) is 6.27. The van der Waals surface area contributed by atoms with E-state index < -0.39 is 10.7 Å². The lowest BCUT2D eigenvalue weighted by atomic mass is 10.2. The van der Waals surface area contributed by atoms with E-state index in [1.54, 1.807) is 42.5 Å². The summed E-state index contributed by atoms with van der Waals surface area (Å²) in [5, 5.41) is 11.1. The molecular weight excluding hydrogens is 409 g/mol. The van der Waals surface area contributed by atoms with Gasteiger partial charge in [0.15, 0.2) is 5.13 Å². The Morgan fingerprint density at radius 1 is 1.20 bits per heavy atom. The normalized spacial score (nSPS) is 11.2. The Balaban J connectivity index is 1.63. The van der Waals surface area contributed by atoms with E-state index in [0.717, 1.165) is 0 Å². The third-order valence-corrected chi connectivity index (χ3v) is 5.32. The van der Waals surface area contributed by atoms with Gasteiger partial charge in [-0.2, -0.15) is 0 Å². The average Bonchev–Trinajstić information content (AvgIpc) is 3.41. The van der Waals surface area contributed by atoms with Crippen LogP contribution in [0.25, 0.3) is 16.3 Å². The van der Waals surface area contributed by atoms with E-state index in [9.17, 15) is 19.3 Å². The van der Waals surface area contributed by atoms with Gasteiger partial charge in [0.1, 0.15) is 17.1 Å². The van der Waals surface area contributed by atoms with E-state index in [-0.39, 0.29) is 23.7 Å². The minimum atomic E-state index is -0.490. The van der Waals surface area contributed by atoms with Gasteiger partial charge in [-0.3, -0.25) is 19.8 Å². The summed E-state index contributed by atoms with van der Waals surface area (Å²) in [5.74, 6) is -0.294. The Hall–Kier alpha value is -3.85. The molecule has 2 heterocycles. The fourth-order valence-corrected chi connectivity index (χ4v) is 3.77. The summed E-state index contributed by atoms with van der Waals surface area (Å²) < 4.78 is 20.0. The molecule has 0 saturated carbocycles. The Bertz CT molecular complexity index is 1230. The molecule has 0 aliphatic carbocycles. The van der Waals surface area contributed by atoms with E-state index in [1.165, 1.54) is 46.8 Å². The van der Waals surface area contributed by atoms with E-state index in [4.69, 9.17) is 4.42 Å². The molecule has 2 aromatic heterocycles. The minimum absolute atomic E-state index is 0.0329. The first kappa shape index (κ1) is 19.5. The van der Waals surface area contributed by atoms with Gasteiger partial charge >= 0.3 is 0 Å². The number of furan rings is 1. The molecule has 0 saturated heterocycles. The number of carbonyl (C=O) groups excluding carboxylic acids is 1. The number of thiazole rings is 1. The molecule has 0 N–H and O–H groups in total. The third-order valence-electron chi connectivity index (χ3n) is 4.27. The molecule has 30 heavy (non-hydrogen) atoms. The summed E-state index contributed by atoms with van der Waals surface area (Å²) in [7, 11) is 0. The number of non-ortho nitro benzene ring substituents is 1. The van der Waals surface area contributed by atoms with Crippen molar-refractivity contribution >= 4 is 44.4 Å². The highest BCUT2D eigenvalue weighted by Gasteiger charge is 2.20. The lowest BCUT2D eigenvalue weighted by Gasteiger charge is -2.16. The van der Waals surface area contributed by atoms with Gasteiger partial charge in [-0.05, 0) is 48.0 Å². The van der Waals surface area contributed by atoms with Crippen LogP contribution in [0.3, 0.4) is 0 Å². The highest BCUT2D eigenvalue weighted by molar-refractivity contribution is 7.22. The third kappa shape index (κ3) is 4.11. The molecule has 4 aromatic rings. The molecule has 0 radical (unpaired) electrons. The van der Waals surface area contributed by atoms with Crippen molar-refractivity contribution in [2.75, 3.05) is 4.90 Å². The number of nitro groups is 1. The maximum absolute atomic E-state index is 14.1. The molecule has 150 valence electrons. The van der Waals surface area contributed by atoms with Gasteiger partial charge in [0, 0.05) is 18.2 Å². The number of hydrogen-bond acceptors (Lipinski definition) is 6. The van der Waals surface area contributed by atoms with Crippen LogP contribution < -0.4 is 4.90 Å². The predicted octanol–water partition coefficient (Wildman–Crippen LogP) is 5.18. The first-order chi connectivity index (χ1) is 14.5. The number of nitrogens with zero attached hydrogens (tertiary/aromatic N) is 3. The smallest absolute Gasteiger partial charge is 0.269 e. The first-order valence-corrected chi connectivity index (χ1v) is 9.64. The molecule has 1 amide bonds. The van der Waals surface area contributed by atoms with Crippen LogP contribution in [0.2, 0.25) is 0 Å². The average molecular weight is 423 g/mol. The molecule has 0 aliphatic rings. The van der Waals surface area contributed by atoms with E-state index in [2.05, 4.69) is 4.98 Å². The van der Waals surface area contributed by atoms with Crippen LogP contribution in [0.5, 0.6) is 0 Å². The SMILES string of the molecule is O=C(/C=C\c1ccc([N+](=O)[O-])cc1)N(Cc1ccco1)c1nc2c(F)cccc2s1. The zero-order chi connectivity index (χ0) is 21.1. The maximum Gasteiger partial charge on any atom is 0.269 e. The molecule has 4 rings (SSSR count). The van der Waals surface area contributed by atoms with Crippen LogP contribution in [0.4, 0.5) is 15.2 Å². The van der Waals surface area contributed by atoms with Gasteiger partial charge in [0.25, 0.3) is 11.6 Å². The number of aromatic nitrogens is 1. The van der Waals surface area contributed by atoms with Crippen molar-refractivity contribution in [3.63, 3.8) is 0 Å². The number of nitro benzene ring substituents is 1. The largest absolute Gasteiger partial charge is 0.467 e. The minimum Gasteiger partial charge on any atom is -0.467 e. The zero-order valence-electron chi connectivity index (χ0n) is 15.4. The van der Waals surface area contributed by atoms with Gasteiger partial charge < -0.3 is 4.42 Å². The van der Waals surface area contributed by atoms with E-state index in [1.807, 2.05) is 0 Å². The monoisotopic (exact) mass is 423 g/mol. The topological polar surface area (TPSA) is 89.5 Å². The molecule has 0 aliphatic heterocycles. The lowest BCUT2D eigenvalue weighted by Crippen LogP contribution is -2.28. The van der Waals surface area contributed by atoms with Crippen LogP contribution >= 0.6 is 11.3 Å². The molecule has 0 atom stereocenters. The van der Waals surface area contributed by atoms with Gasteiger partial charge in [-0.15, -0.1) is 0 Å². The van der Waals surface area contributed by atoms with Crippen LogP contribution in [0, 0.1) is 15.9 Å². The number of rotatable bonds is 6. The molecule has 0 fully saturated rings. The van der Waals surface area contributed by atoms with Gasteiger partial charge in [-0.1, -0.05) is 17.4 Å². The summed E-state index contributed by atoms with van der Waals surface area (Å²) in [4.78, 5) is 28.9. The molecule has 0 bridgehead atoms. The summed E-state index contributed by atoms with van der Waals surface area (Å²) in [6.07, 6.45) is 4.39. The van der Waals surface area contributed by atoms with Crippen molar-refractivity contribution in [2.24, 2.45) is 0 Å². The lowest BCUT2D eigenvalue weighted by molar-refractivity contribution is -0.384. The zero-order valence-corrected chi connectivity index (χ0v) is 16.2. The number of para-hydroxylation sites is 1. The fraction of sp³-hybridized carbons (Fsp3) is 0.0476. The van der Waals surface area contributed by atoms with Crippen LogP contribution in [-0.2, 0) is 11.3 Å². The predicted molar refractivity (Wildman–Crippen MR) is 112 cm³/mol. The number of benzene rings is 2. The quantitative estimate of drug-likeness (QED) is 0.242. The number of hydrogen-bond donors (Lipinski definition) is 0. The number of anilines is 1. The van der Waals surface area contributed by atoms with Crippen molar-refractivity contribution in [1.29, 1.82) is 0 Å². The Kier molecular flexibility index (Phi) is 5.36. The summed E-state index contributed by atoms with van der Waals surface area (Å²) >= 11 is 1.20. The van der Waals surface area contributed by atoms with E-state index in [0.29, 0.717) is 21.2 Å². The standard InChI is InChI=1S/C21H14FN3O4S/c22-17-4-1-5-18-20(17)23-21(30-18)24(13-16-3-2-12-29-16)19(26)11-8-14-6-9-15(10-7-14)25(27)28/h1-12H,13H2/b11-8-. The van der Waals surface area contributed by atoms with Crippen LogP contribution in [-0.4, -0.2) is 15.8 Å². The molecule has 0 spiro atoms. The summed E-state index contributed by atoms with van der Waals surface area (Å²) in [6.45, 7) is 0.123.